The van der Waals surface area contributed by atoms with Gasteiger partial charge in [-0.2, -0.15) is 0 Å². The highest BCUT2D eigenvalue weighted by atomic mass is 16.6. The molecule has 1 amide bonds. The van der Waals surface area contributed by atoms with Crippen LogP contribution < -0.4 is 10.1 Å². The number of aryl methyl sites for hydroxylation is 2. The summed E-state index contributed by atoms with van der Waals surface area (Å²) < 4.78 is 5.14. The van der Waals surface area contributed by atoms with E-state index in [9.17, 15) is 4.79 Å². The molecule has 1 N–H and O–H groups in total. The molecular weight excluding hydrogens is 254 g/mol. The van der Waals surface area contributed by atoms with Crippen molar-refractivity contribution in [3.8, 4) is 5.75 Å². The van der Waals surface area contributed by atoms with Crippen molar-refractivity contribution < 1.29 is 9.53 Å². The van der Waals surface area contributed by atoms with Crippen LogP contribution in [0.1, 0.15) is 25.2 Å². The van der Waals surface area contributed by atoms with E-state index in [0.717, 1.165) is 24.2 Å². The van der Waals surface area contributed by atoms with Gasteiger partial charge in [-0.3, -0.25) is 5.32 Å². The van der Waals surface area contributed by atoms with E-state index in [-0.39, 0.29) is 5.95 Å². The van der Waals surface area contributed by atoms with Crippen LogP contribution in [-0.4, -0.2) is 16.1 Å². The van der Waals surface area contributed by atoms with Gasteiger partial charge in [-0.1, -0.05) is 32.0 Å². The number of amides is 1. The number of carbonyl (C=O) groups is 1. The summed E-state index contributed by atoms with van der Waals surface area (Å²) >= 11 is 0. The van der Waals surface area contributed by atoms with Gasteiger partial charge in [-0.25, -0.2) is 14.8 Å². The predicted octanol–water partition coefficient (Wildman–Crippen LogP) is 3.21. The van der Waals surface area contributed by atoms with Gasteiger partial charge in [0.25, 0.3) is 0 Å². The van der Waals surface area contributed by atoms with Gasteiger partial charge in [0, 0.05) is 11.4 Å². The summed E-state index contributed by atoms with van der Waals surface area (Å²) in [5.74, 6) is 0.759. The molecule has 0 atom stereocenters. The third-order valence-corrected chi connectivity index (χ3v) is 2.72. The molecule has 2 rings (SSSR count). The summed E-state index contributed by atoms with van der Waals surface area (Å²) in [6, 6.07) is 10.8. The van der Waals surface area contributed by atoms with Crippen molar-refractivity contribution >= 4 is 12.0 Å². The Morgan fingerprint density at radius 2 is 1.70 bits per heavy atom. The fourth-order valence-corrected chi connectivity index (χ4v) is 1.68. The normalized spacial score (nSPS) is 10.1. The Balaban J connectivity index is 2.07. The molecule has 0 aliphatic heterocycles. The highest BCUT2D eigenvalue weighted by Crippen LogP contribution is 2.11. The third kappa shape index (κ3) is 3.78. The lowest BCUT2D eigenvalue weighted by Gasteiger charge is -2.08. The minimum Gasteiger partial charge on any atom is -0.410 e. The zero-order valence-corrected chi connectivity index (χ0v) is 11.6. The first kappa shape index (κ1) is 14.0. The maximum atomic E-state index is 11.8. The highest BCUT2D eigenvalue weighted by Gasteiger charge is 2.09. The van der Waals surface area contributed by atoms with Crippen molar-refractivity contribution in [3.63, 3.8) is 0 Å². The van der Waals surface area contributed by atoms with Gasteiger partial charge in [0.05, 0.1) is 0 Å². The molecule has 104 valence electrons. The number of aromatic nitrogens is 2. The molecule has 0 fully saturated rings. The minimum absolute atomic E-state index is 0.280. The van der Waals surface area contributed by atoms with E-state index in [1.807, 2.05) is 26.0 Å². The van der Waals surface area contributed by atoms with Crippen molar-refractivity contribution in [1.29, 1.82) is 0 Å². The van der Waals surface area contributed by atoms with E-state index in [1.165, 1.54) is 0 Å². The Hall–Kier alpha value is -2.43. The predicted molar refractivity (Wildman–Crippen MR) is 76.9 cm³/mol. The lowest BCUT2D eigenvalue weighted by atomic mass is 10.2. The summed E-state index contributed by atoms with van der Waals surface area (Å²) in [6.45, 7) is 4.02. The lowest BCUT2D eigenvalue weighted by molar-refractivity contribution is 0.215. The van der Waals surface area contributed by atoms with Crippen LogP contribution in [0.15, 0.2) is 36.4 Å². The van der Waals surface area contributed by atoms with E-state index in [4.69, 9.17) is 4.74 Å². The first-order valence-corrected chi connectivity index (χ1v) is 6.62. The van der Waals surface area contributed by atoms with E-state index >= 15 is 0 Å². The van der Waals surface area contributed by atoms with Gasteiger partial charge in [0.15, 0.2) is 0 Å². The van der Waals surface area contributed by atoms with Crippen LogP contribution in [-0.2, 0) is 12.8 Å². The average Bonchev–Trinajstić information content (AvgIpc) is 2.47. The van der Waals surface area contributed by atoms with Crippen molar-refractivity contribution in [2.45, 2.75) is 26.7 Å². The van der Waals surface area contributed by atoms with Gasteiger partial charge in [0.2, 0.25) is 5.95 Å². The zero-order valence-electron chi connectivity index (χ0n) is 11.6. The summed E-state index contributed by atoms with van der Waals surface area (Å²) in [7, 11) is 0. The molecule has 0 saturated heterocycles. The maximum absolute atomic E-state index is 11.8. The summed E-state index contributed by atoms with van der Waals surface area (Å²) in [5, 5.41) is 2.56. The zero-order chi connectivity index (χ0) is 14.4. The SMILES string of the molecule is CCc1cc(CC)nc(NC(=O)Oc2ccccc2)n1. The Labute approximate surface area is 118 Å². The number of anilines is 1. The number of carbonyl (C=O) groups excluding carboxylic acids is 1. The topological polar surface area (TPSA) is 64.1 Å². The van der Waals surface area contributed by atoms with Crippen LogP contribution in [0.3, 0.4) is 0 Å². The van der Waals surface area contributed by atoms with E-state index < -0.39 is 6.09 Å². The molecule has 0 aliphatic rings. The quantitative estimate of drug-likeness (QED) is 0.927. The Morgan fingerprint density at radius 3 is 2.25 bits per heavy atom. The molecule has 1 aromatic carbocycles. The molecule has 0 aliphatic carbocycles. The molecule has 20 heavy (non-hydrogen) atoms. The highest BCUT2D eigenvalue weighted by molar-refractivity contribution is 5.84. The van der Waals surface area contributed by atoms with Crippen molar-refractivity contribution in [1.82, 2.24) is 9.97 Å². The number of nitrogens with one attached hydrogen (secondary N) is 1. The van der Waals surface area contributed by atoms with Crippen LogP contribution in [0.2, 0.25) is 0 Å². The van der Waals surface area contributed by atoms with Gasteiger partial charge in [0.1, 0.15) is 5.75 Å². The second kappa shape index (κ2) is 6.65. The maximum Gasteiger partial charge on any atom is 0.419 e. The molecule has 1 aromatic heterocycles. The van der Waals surface area contributed by atoms with Crippen molar-refractivity contribution in [3.05, 3.63) is 47.8 Å². The second-order valence-corrected chi connectivity index (χ2v) is 4.21. The summed E-state index contributed by atoms with van der Waals surface area (Å²) in [6.07, 6.45) is 0.988. The average molecular weight is 271 g/mol. The number of nitrogens with zero attached hydrogens (tertiary/aromatic N) is 2. The number of benzene rings is 1. The monoisotopic (exact) mass is 271 g/mol. The van der Waals surface area contributed by atoms with Crippen molar-refractivity contribution in [2.24, 2.45) is 0 Å². The van der Waals surface area contributed by atoms with Crippen LogP contribution >= 0.6 is 0 Å². The first-order valence-electron chi connectivity index (χ1n) is 6.62. The van der Waals surface area contributed by atoms with Gasteiger partial charge in [-0.05, 0) is 31.0 Å². The van der Waals surface area contributed by atoms with Gasteiger partial charge >= 0.3 is 6.09 Å². The summed E-state index contributed by atoms with van der Waals surface area (Å²) in [4.78, 5) is 20.3. The molecule has 0 radical (unpaired) electrons. The molecule has 0 bridgehead atoms. The molecule has 0 unspecified atom stereocenters. The van der Waals surface area contributed by atoms with Crippen LogP contribution in [0, 0.1) is 0 Å². The van der Waals surface area contributed by atoms with Crippen LogP contribution in [0.4, 0.5) is 10.7 Å². The molecule has 5 heteroatoms. The summed E-state index contributed by atoms with van der Waals surface area (Å²) in [5.41, 5.74) is 1.79. The second-order valence-electron chi connectivity index (χ2n) is 4.21. The Morgan fingerprint density at radius 1 is 1.10 bits per heavy atom. The smallest absolute Gasteiger partial charge is 0.410 e. The largest absolute Gasteiger partial charge is 0.419 e. The van der Waals surface area contributed by atoms with Crippen LogP contribution in [0.5, 0.6) is 5.75 Å². The number of hydrogen-bond donors (Lipinski definition) is 1. The lowest BCUT2D eigenvalue weighted by Crippen LogP contribution is -2.19. The fourth-order valence-electron chi connectivity index (χ4n) is 1.68. The molecule has 5 nitrogen and oxygen atoms in total. The fraction of sp³-hybridized carbons (Fsp3) is 0.267. The van der Waals surface area contributed by atoms with Crippen molar-refractivity contribution in [2.75, 3.05) is 5.32 Å². The molecule has 1 heterocycles. The van der Waals surface area contributed by atoms with E-state index in [0.29, 0.717) is 5.75 Å². The minimum atomic E-state index is -0.591. The first-order chi connectivity index (χ1) is 9.71. The molecular formula is C15H17N3O2. The van der Waals surface area contributed by atoms with Crippen LogP contribution in [0.25, 0.3) is 0 Å². The molecule has 0 spiro atoms. The number of para-hydroxylation sites is 1. The molecule has 2 aromatic rings. The standard InChI is InChI=1S/C15H17N3O2/c1-3-11-10-12(4-2)17-14(16-11)18-15(19)20-13-8-6-5-7-9-13/h5-10H,3-4H2,1-2H3,(H,16,17,18,19). The van der Waals surface area contributed by atoms with Gasteiger partial charge in [-0.15, -0.1) is 0 Å². The van der Waals surface area contributed by atoms with E-state index in [1.54, 1.807) is 24.3 Å². The number of hydrogen-bond acceptors (Lipinski definition) is 4. The number of ether oxygens (including phenoxy) is 1. The molecule has 0 saturated carbocycles. The Kier molecular flexibility index (Phi) is 4.65. The van der Waals surface area contributed by atoms with Gasteiger partial charge < -0.3 is 4.74 Å². The number of rotatable bonds is 4. The van der Waals surface area contributed by atoms with E-state index in [2.05, 4.69) is 15.3 Å². The Bertz CT molecular complexity index is 563. The third-order valence-electron chi connectivity index (χ3n) is 2.72.